The van der Waals surface area contributed by atoms with Crippen LogP contribution in [0.3, 0.4) is 0 Å². The molecule has 3 aromatic carbocycles. The zero-order valence-corrected chi connectivity index (χ0v) is 20.4. The van der Waals surface area contributed by atoms with Crippen LogP contribution in [-0.2, 0) is 22.1 Å². The Balaban J connectivity index is 1.17. The maximum atomic E-state index is 13.7. The van der Waals surface area contributed by atoms with Gasteiger partial charge in [0.05, 0.1) is 30.9 Å². The lowest BCUT2D eigenvalue weighted by atomic mass is 9.90. The van der Waals surface area contributed by atoms with Gasteiger partial charge in [-0.15, -0.1) is 0 Å². The molecule has 2 aliphatic heterocycles. The summed E-state index contributed by atoms with van der Waals surface area (Å²) in [6.45, 7) is 0.798. The Morgan fingerprint density at radius 1 is 0.974 bits per heavy atom. The van der Waals surface area contributed by atoms with Gasteiger partial charge in [-0.2, -0.15) is 13.2 Å². The van der Waals surface area contributed by atoms with E-state index in [2.05, 4.69) is 24.3 Å². The van der Waals surface area contributed by atoms with Gasteiger partial charge in [-0.25, -0.2) is 9.18 Å². The fourth-order valence-electron chi connectivity index (χ4n) is 5.93. The number of alkyl halides is 3. The van der Waals surface area contributed by atoms with Crippen LogP contribution in [0.5, 0.6) is 0 Å². The van der Waals surface area contributed by atoms with Crippen LogP contribution in [0.25, 0.3) is 11.1 Å². The van der Waals surface area contributed by atoms with Gasteiger partial charge in [0.15, 0.2) is 0 Å². The highest BCUT2D eigenvalue weighted by Gasteiger charge is 2.40. The maximum Gasteiger partial charge on any atom is 0.419 e. The third kappa shape index (κ3) is 4.47. The molecule has 8 heteroatoms. The smallest absolute Gasteiger partial charge is 0.419 e. The second-order valence-electron chi connectivity index (χ2n) is 9.99. The topological polar surface area (TPSA) is 38.8 Å². The van der Waals surface area contributed by atoms with Crippen LogP contribution in [0.15, 0.2) is 78.4 Å². The molecule has 2 bridgehead atoms. The van der Waals surface area contributed by atoms with Gasteiger partial charge in [-0.3, -0.25) is 4.90 Å². The summed E-state index contributed by atoms with van der Waals surface area (Å²) >= 11 is 0. The van der Waals surface area contributed by atoms with Crippen molar-refractivity contribution in [3.05, 3.63) is 106 Å². The van der Waals surface area contributed by atoms with Gasteiger partial charge in [0, 0.05) is 5.92 Å². The number of hydrogen-bond donors (Lipinski definition) is 0. The van der Waals surface area contributed by atoms with Crippen LogP contribution in [0.1, 0.15) is 34.6 Å². The molecule has 1 amide bonds. The number of nitrogens with zero attached hydrogens (tertiary/aromatic N) is 1. The summed E-state index contributed by atoms with van der Waals surface area (Å²) < 4.78 is 64.7. The van der Waals surface area contributed by atoms with E-state index in [0.717, 1.165) is 40.0 Å². The highest BCUT2D eigenvalue weighted by molar-refractivity contribution is 5.79. The molecule has 196 valence electrons. The first-order valence-electron chi connectivity index (χ1n) is 12.6. The molecule has 1 fully saturated rings. The predicted molar refractivity (Wildman–Crippen MR) is 133 cm³/mol. The number of halogens is 4. The monoisotopic (exact) mass is 523 g/mol. The molecular weight excluding hydrogens is 498 g/mol. The van der Waals surface area contributed by atoms with Crippen molar-refractivity contribution in [1.29, 1.82) is 0 Å². The number of benzene rings is 3. The van der Waals surface area contributed by atoms with Gasteiger partial charge in [0.25, 0.3) is 0 Å². The Labute approximate surface area is 217 Å². The molecular formula is C30H25F4NO3. The number of ether oxygens (including phenoxy) is 2. The van der Waals surface area contributed by atoms with Crippen molar-refractivity contribution in [3.8, 4) is 11.1 Å². The highest BCUT2D eigenvalue weighted by atomic mass is 19.4. The van der Waals surface area contributed by atoms with Crippen LogP contribution in [0.2, 0.25) is 0 Å². The number of amides is 1. The second-order valence-corrected chi connectivity index (χ2v) is 9.99. The van der Waals surface area contributed by atoms with Crippen molar-refractivity contribution in [3.63, 3.8) is 0 Å². The first-order chi connectivity index (χ1) is 18.3. The van der Waals surface area contributed by atoms with E-state index in [0.29, 0.717) is 18.6 Å². The summed E-state index contributed by atoms with van der Waals surface area (Å²) in [5.74, 6) is -1.34. The first-order valence-corrected chi connectivity index (χ1v) is 12.6. The van der Waals surface area contributed by atoms with Crippen LogP contribution in [0, 0.1) is 5.82 Å². The van der Waals surface area contributed by atoms with Crippen molar-refractivity contribution in [2.24, 2.45) is 0 Å². The molecule has 2 atom stereocenters. The van der Waals surface area contributed by atoms with Crippen LogP contribution >= 0.6 is 0 Å². The summed E-state index contributed by atoms with van der Waals surface area (Å²) in [4.78, 5) is 15.0. The number of morpholine rings is 1. The van der Waals surface area contributed by atoms with Crippen LogP contribution in [0.4, 0.5) is 22.4 Å². The fraction of sp³-hybridized carbons (Fsp3) is 0.300. The standard InChI is InChI=1S/C30H25F4NO3/c31-28-10-9-18(14-27(28)30(32,33)34)11-19-12-20-15-37-16-21(13-19)35(20)29(36)38-17-26-24-7-3-1-5-22(24)23-6-2-4-8-25(23)26/h1-10,12,14,20-21,26H,11,13,15-17H2. The molecule has 3 aromatic rings. The van der Waals surface area contributed by atoms with Crippen molar-refractivity contribution in [2.75, 3.05) is 19.8 Å². The SMILES string of the molecule is O=C(OCC1c2ccccc2-c2ccccc21)N1C2C=C(Cc3ccc(F)c(C(F)(F)F)c3)CC1COC2. The van der Waals surface area contributed by atoms with E-state index in [4.69, 9.17) is 9.47 Å². The van der Waals surface area contributed by atoms with Gasteiger partial charge in [-0.1, -0.05) is 66.2 Å². The van der Waals surface area contributed by atoms with Gasteiger partial charge < -0.3 is 9.47 Å². The van der Waals surface area contributed by atoms with Crippen molar-refractivity contribution < 1.29 is 31.8 Å². The van der Waals surface area contributed by atoms with Crippen LogP contribution in [-0.4, -0.2) is 42.9 Å². The minimum absolute atomic E-state index is 0.0559. The molecule has 2 unspecified atom stereocenters. The Hall–Kier alpha value is -3.65. The Bertz CT molecular complexity index is 1370. The number of carbonyl (C=O) groups is 1. The van der Waals surface area contributed by atoms with Gasteiger partial charge in [0.2, 0.25) is 0 Å². The van der Waals surface area contributed by atoms with E-state index in [9.17, 15) is 22.4 Å². The van der Waals surface area contributed by atoms with Gasteiger partial charge in [0.1, 0.15) is 12.4 Å². The number of hydrogen-bond acceptors (Lipinski definition) is 3. The molecule has 4 nitrogen and oxygen atoms in total. The van der Waals surface area contributed by atoms with E-state index in [1.807, 2.05) is 30.3 Å². The van der Waals surface area contributed by atoms with Crippen molar-refractivity contribution in [2.45, 2.75) is 37.0 Å². The molecule has 0 aromatic heterocycles. The molecule has 3 aliphatic rings. The summed E-state index contributed by atoms with van der Waals surface area (Å²) in [5, 5.41) is 0. The lowest BCUT2D eigenvalue weighted by Crippen LogP contribution is -2.56. The third-order valence-electron chi connectivity index (χ3n) is 7.59. The number of carbonyl (C=O) groups excluding carboxylic acids is 1. The molecule has 1 aliphatic carbocycles. The summed E-state index contributed by atoms with van der Waals surface area (Å²) in [5.41, 5.74) is 4.55. The quantitative estimate of drug-likeness (QED) is 0.281. The Morgan fingerprint density at radius 2 is 1.66 bits per heavy atom. The normalized spacial score (nSPS) is 20.5. The lowest BCUT2D eigenvalue weighted by Gasteiger charge is -2.44. The highest BCUT2D eigenvalue weighted by Crippen LogP contribution is 2.44. The van der Waals surface area contributed by atoms with Crippen molar-refractivity contribution >= 4 is 6.09 Å². The van der Waals surface area contributed by atoms with Gasteiger partial charge in [-0.05, 0) is 52.8 Å². The molecule has 1 saturated heterocycles. The molecule has 0 N–H and O–H groups in total. The number of fused-ring (bicyclic) bond motifs is 5. The lowest BCUT2D eigenvalue weighted by molar-refractivity contribution is -0.140. The maximum absolute atomic E-state index is 13.7. The zero-order valence-electron chi connectivity index (χ0n) is 20.4. The minimum Gasteiger partial charge on any atom is -0.448 e. The summed E-state index contributed by atoms with van der Waals surface area (Å²) in [6, 6.07) is 18.7. The average molecular weight is 524 g/mol. The van der Waals surface area contributed by atoms with Gasteiger partial charge >= 0.3 is 12.3 Å². The summed E-state index contributed by atoms with van der Waals surface area (Å²) in [7, 11) is 0. The second kappa shape index (κ2) is 9.58. The van der Waals surface area contributed by atoms with E-state index >= 15 is 0 Å². The van der Waals surface area contributed by atoms with E-state index in [1.165, 1.54) is 6.07 Å². The average Bonchev–Trinajstić information content (AvgIpc) is 3.21. The Kier molecular flexibility index (Phi) is 6.22. The molecule has 0 saturated carbocycles. The molecule has 2 heterocycles. The number of rotatable bonds is 4. The van der Waals surface area contributed by atoms with E-state index < -0.39 is 23.7 Å². The molecule has 0 spiro atoms. The fourth-order valence-corrected chi connectivity index (χ4v) is 5.93. The molecule has 38 heavy (non-hydrogen) atoms. The van der Waals surface area contributed by atoms with E-state index in [1.54, 1.807) is 4.90 Å². The zero-order chi connectivity index (χ0) is 26.4. The summed E-state index contributed by atoms with van der Waals surface area (Å²) in [6.07, 6.45) is -2.63. The Morgan fingerprint density at radius 3 is 2.32 bits per heavy atom. The van der Waals surface area contributed by atoms with E-state index in [-0.39, 0.29) is 37.6 Å². The first kappa shape index (κ1) is 24.7. The molecule has 0 radical (unpaired) electrons. The third-order valence-corrected chi connectivity index (χ3v) is 7.59. The minimum atomic E-state index is -4.76. The largest absolute Gasteiger partial charge is 0.448 e. The van der Waals surface area contributed by atoms with Crippen LogP contribution < -0.4 is 0 Å². The molecule has 6 rings (SSSR count). The predicted octanol–water partition coefficient (Wildman–Crippen LogP) is 6.74. The van der Waals surface area contributed by atoms with Crippen molar-refractivity contribution in [1.82, 2.24) is 4.90 Å².